The first kappa shape index (κ1) is 18.7. The molecule has 0 unspecified atom stereocenters. The molecular weight excluding hydrogens is 390 g/mol. The molecule has 9 heteroatoms. The number of thiazole rings is 1. The maximum absolute atomic E-state index is 12.2. The summed E-state index contributed by atoms with van der Waals surface area (Å²) in [6.45, 7) is 2.70. The number of carbonyl (C=O) groups excluding carboxylic acids is 1. The zero-order valence-electron chi connectivity index (χ0n) is 14.0. The van der Waals surface area contributed by atoms with Crippen molar-refractivity contribution in [2.24, 2.45) is 10.1 Å². The van der Waals surface area contributed by atoms with Crippen molar-refractivity contribution in [2.45, 2.75) is 24.8 Å². The van der Waals surface area contributed by atoms with Crippen molar-refractivity contribution >= 4 is 54.9 Å². The Balaban J connectivity index is 2.06. The van der Waals surface area contributed by atoms with Gasteiger partial charge in [0.05, 0.1) is 15.1 Å². The monoisotopic (exact) mass is 407 g/mol. The summed E-state index contributed by atoms with van der Waals surface area (Å²) in [5, 5.41) is 7.14. The predicted octanol–water partition coefficient (Wildman–Crippen LogP) is 2.96. The van der Waals surface area contributed by atoms with Gasteiger partial charge in [-0.2, -0.15) is 4.99 Å². The second-order valence-electron chi connectivity index (χ2n) is 5.51. The third-order valence-corrected chi connectivity index (χ3v) is 6.36. The molecule has 0 bridgehead atoms. The number of carbonyl (C=O) groups is 1. The number of nitrogens with two attached hydrogens (primary N) is 1. The van der Waals surface area contributed by atoms with Gasteiger partial charge in [0, 0.05) is 17.5 Å². The second-order valence-corrected chi connectivity index (χ2v) is 9.06. The van der Waals surface area contributed by atoms with Gasteiger partial charge in [-0.25, -0.2) is 13.6 Å². The number of fused-ring (bicyclic) bond motifs is 1. The van der Waals surface area contributed by atoms with E-state index in [1.807, 2.05) is 29.0 Å². The molecule has 0 aliphatic carbocycles. The Kier molecular flexibility index (Phi) is 5.52. The minimum Gasteiger partial charge on any atom is -0.316 e. The summed E-state index contributed by atoms with van der Waals surface area (Å²) in [5.41, 5.74) is 0.832. The highest BCUT2D eigenvalue weighted by atomic mass is 32.2. The fraction of sp³-hybridized carbons (Fsp3) is 0.176. The van der Waals surface area contributed by atoms with Crippen LogP contribution in [0.25, 0.3) is 16.3 Å². The van der Waals surface area contributed by atoms with Crippen molar-refractivity contribution < 1.29 is 13.2 Å². The van der Waals surface area contributed by atoms with Crippen molar-refractivity contribution in [1.29, 1.82) is 0 Å². The Morgan fingerprint density at radius 3 is 2.81 bits per heavy atom. The fourth-order valence-corrected chi connectivity index (χ4v) is 4.76. The average molecular weight is 408 g/mol. The van der Waals surface area contributed by atoms with Crippen LogP contribution in [0.3, 0.4) is 0 Å². The number of thiophene rings is 1. The first-order valence-electron chi connectivity index (χ1n) is 7.85. The van der Waals surface area contributed by atoms with E-state index < -0.39 is 10.0 Å². The molecule has 0 fully saturated rings. The summed E-state index contributed by atoms with van der Waals surface area (Å²) < 4.78 is 25.8. The van der Waals surface area contributed by atoms with E-state index in [4.69, 9.17) is 5.14 Å². The number of benzene rings is 1. The minimum absolute atomic E-state index is 0.0466. The quantitative estimate of drug-likeness (QED) is 0.659. The van der Waals surface area contributed by atoms with E-state index in [0.717, 1.165) is 21.5 Å². The van der Waals surface area contributed by atoms with E-state index in [1.54, 1.807) is 12.1 Å². The Morgan fingerprint density at radius 1 is 1.35 bits per heavy atom. The summed E-state index contributed by atoms with van der Waals surface area (Å²) in [5.74, 6) is -0.360. The Bertz CT molecular complexity index is 1140. The highest BCUT2D eigenvalue weighted by Crippen LogP contribution is 2.21. The zero-order valence-corrected chi connectivity index (χ0v) is 16.4. The second kappa shape index (κ2) is 7.67. The highest BCUT2D eigenvalue weighted by molar-refractivity contribution is 7.89. The van der Waals surface area contributed by atoms with Crippen LogP contribution in [0, 0.1) is 0 Å². The number of amides is 1. The van der Waals surface area contributed by atoms with Gasteiger partial charge < -0.3 is 4.57 Å². The van der Waals surface area contributed by atoms with Gasteiger partial charge in [0.2, 0.25) is 10.0 Å². The molecule has 0 saturated heterocycles. The number of aryl methyl sites for hydroxylation is 1. The van der Waals surface area contributed by atoms with Gasteiger partial charge in [0.15, 0.2) is 4.80 Å². The van der Waals surface area contributed by atoms with Gasteiger partial charge in [-0.15, -0.1) is 11.3 Å². The molecule has 2 heterocycles. The molecule has 136 valence electrons. The largest absolute Gasteiger partial charge is 0.316 e. The number of hydrogen-bond acceptors (Lipinski definition) is 5. The minimum atomic E-state index is -3.78. The Labute approximate surface area is 159 Å². The Hall–Kier alpha value is -2.07. The number of primary sulfonamides is 1. The summed E-state index contributed by atoms with van der Waals surface area (Å²) >= 11 is 2.81. The first-order valence-corrected chi connectivity index (χ1v) is 11.1. The normalized spacial score (nSPS) is 13.1. The summed E-state index contributed by atoms with van der Waals surface area (Å²) in [6.07, 6.45) is 4.02. The molecule has 6 nitrogen and oxygen atoms in total. The van der Waals surface area contributed by atoms with E-state index in [9.17, 15) is 13.2 Å². The average Bonchev–Trinajstić information content (AvgIpc) is 3.20. The number of aromatic nitrogens is 1. The maximum atomic E-state index is 12.2. The lowest BCUT2D eigenvalue weighted by Gasteiger charge is -2.03. The van der Waals surface area contributed by atoms with Crippen LogP contribution in [-0.4, -0.2) is 18.9 Å². The number of sulfonamides is 1. The predicted molar refractivity (Wildman–Crippen MR) is 105 cm³/mol. The zero-order chi connectivity index (χ0) is 18.7. The number of rotatable bonds is 5. The van der Waals surface area contributed by atoms with Crippen LogP contribution in [0.1, 0.15) is 18.2 Å². The van der Waals surface area contributed by atoms with Gasteiger partial charge in [-0.3, -0.25) is 4.79 Å². The molecule has 0 aliphatic rings. The third-order valence-electron chi connectivity index (χ3n) is 3.57. The van der Waals surface area contributed by atoms with Crippen LogP contribution < -0.4 is 9.94 Å². The van der Waals surface area contributed by atoms with Gasteiger partial charge in [-0.1, -0.05) is 24.3 Å². The fourth-order valence-electron chi connectivity index (χ4n) is 2.43. The molecule has 1 amide bonds. The number of hydrogen-bond donors (Lipinski definition) is 1. The molecule has 0 radical (unpaired) electrons. The van der Waals surface area contributed by atoms with E-state index in [-0.39, 0.29) is 10.8 Å². The van der Waals surface area contributed by atoms with Crippen LogP contribution in [-0.2, 0) is 21.4 Å². The lowest BCUT2D eigenvalue weighted by molar-refractivity contribution is -0.113. The molecule has 2 aromatic heterocycles. The molecule has 0 aliphatic heterocycles. The molecule has 3 aromatic rings. The van der Waals surface area contributed by atoms with Crippen LogP contribution in [0.2, 0.25) is 0 Å². The van der Waals surface area contributed by atoms with Gasteiger partial charge in [-0.05, 0) is 42.1 Å². The van der Waals surface area contributed by atoms with E-state index in [1.165, 1.54) is 40.9 Å². The molecule has 0 saturated carbocycles. The van der Waals surface area contributed by atoms with E-state index in [0.29, 0.717) is 11.3 Å². The van der Waals surface area contributed by atoms with Crippen LogP contribution >= 0.6 is 22.7 Å². The first-order chi connectivity index (χ1) is 12.4. The number of nitrogens with zero attached hydrogens (tertiary/aromatic N) is 2. The summed E-state index contributed by atoms with van der Waals surface area (Å²) in [7, 11) is -3.78. The van der Waals surface area contributed by atoms with E-state index >= 15 is 0 Å². The summed E-state index contributed by atoms with van der Waals surface area (Å²) in [6, 6.07) is 8.52. The standard InChI is InChI=1S/C17H17N3O3S3/c1-2-9-20-14-7-6-13(26(18,22)23)11-15(14)25-17(20)19-16(21)8-5-12-4-3-10-24-12/h3-8,10-11H,2,9H2,1H3,(H2,18,22,23)/b8-5+,19-17?. The van der Waals surface area contributed by atoms with Crippen molar-refractivity contribution in [3.63, 3.8) is 0 Å². The lowest BCUT2D eigenvalue weighted by Crippen LogP contribution is -2.16. The Morgan fingerprint density at radius 2 is 2.15 bits per heavy atom. The van der Waals surface area contributed by atoms with Crippen molar-refractivity contribution in [1.82, 2.24) is 4.57 Å². The van der Waals surface area contributed by atoms with Gasteiger partial charge in [0.1, 0.15) is 0 Å². The molecule has 0 spiro atoms. The lowest BCUT2D eigenvalue weighted by atomic mass is 10.3. The highest BCUT2D eigenvalue weighted by Gasteiger charge is 2.12. The smallest absolute Gasteiger partial charge is 0.272 e. The maximum Gasteiger partial charge on any atom is 0.272 e. The van der Waals surface area contributed by atoms with Gasteiger partial charge in [0.25, 0.3) is 5.91 Å². The molecule has 1 aromatic carbocycles. The third kappa shape index (κ3) is 4.18. The van der Waals surface area contributed by atoms with Crippen LogP contribution in [0.5, 0.6) is 0 Å². The van der Waals surface area contributed by atoms with Gasteiger partial charge >= 0.3 is 0 Å². The molecule has 0 atom stereocenters. The van der Waals surface area contributed by atoms with Crippen molar-refractivity contribution in [3.05, 3.63) is 51.5 Å². The SMILES string of the molecule is CCCn1c(=NC(=O)/C=C/c2cccs2)sc2cc(S(N)(=O)=O)ccc21. The molecular formula is C17H17N3O3S3. The van der Waals surface area contributed by atoms with Crippen molar-refractivity contribution in [3.8, 4) is 0 Å². The molecule has 2 N–H and O–H groups in total. The summed E-state index contributed by atoms with van der Waals surface area (Å²) in [4.78, 5) is 17.9. The molecule has 26 heavy (non-hydrogen) atoms. The van der Waals surface area contributed by atoms with Crippen LogP contribution in [0.4, 0.5) is 0 Å². The topological polar surface area (TPSA) is 94.5 Å². The van der Waals surface area contributed by atoms with Crippen LogP contribution in [0.15, 0.2) is 51.7 Å². The molecule has 3 rings (SSSR count). The van der Waals surface area contributed by atoms with E-state index in [2.05, 4.69) is 4.99 Å². The van der Waals surface area contributed by atoms with Crippen molar-refractivity contribution in [2.75, 3.05) is 0 Å².